The van der Waals surface area contributed by atoms with Crippen molar-refractivity contribution in [2.24, 2.45) is 0 Å². The number of hydroxylamine groups is 2. The van der Waals surface area contributed by atoms with Crippen LogP contribution in [0.15, 0.2) is 18.3 Å². The van der Waals surface area contributed by atoms with Gasteiger partial charge in [0.2, 0.25) is 0 Å². The van der Waals surface area contributed by atoms with Crippen LogP contribution in [0.3, 0.4) is 0 Å². The van der Waals surface area contributed by atoms with E-state index in [4.69, 9.17) is 4.84 Å². The van der Waals surface area contributed by atoms with Crippen LogP contribution < -0.4 is 5.32 Å². The molecule has 0 aliphatic carbocycles. The highest BCUT2D eigenvalue weighted by Gasteiger charge is 2.21. The van der Waals surface area contributed by atoms with Crippen molar-refractivity contribution < 1.29 is 9.63 Å². The SMILES string of the molecule is CNc1ncccc1C(=O)N1CCCCO1. The lowest BCUT2D eigenvalue weighted by Gasteiger charge is -2.26. The number of hydrogen-bond acceptors (Lipinski definition) is 4. The van der Waals surface area contributed by atoms with E-state index in [2.05, 4.69) is 10.3 Å². The van der Waals surface area contributed by atoms with E-state index in [1.165, 1.54) is 5.06 Å². The molecule has 1 amide bonds. The van der Waals surface area contributed by atoms with Gasteiger partial charge in [-0.2, -0.15) is 0 Å². The summed E-state index contributed by atoms with van der Waals surface area (Å²) in [6.45, 7) is 1.26. The summed E-state index contributed by atoms with van der Waals surface area (Å²) in [5, 5.41) is 4.32. The first-order chi connectivity index (χ1) is 7.83. The highest BCUT2D eigenvalue weighted by Crippen LogP contribution is 2.16. The van der Waals surface area contributed by atoms with Gasteiger partial charge in [-0.15, -0.1) is 0 Å². The third-order valence-electron chi connectivity index (χ3n) is 2.50. The van der Waals surface area contributed by atoms with Gasteiger partial charge in [0.25, 0.3) is 5.91 Å². The quantitative estimate of drug-likeness (QED) is 0.817. The lowest BCUT2D eigenvalue weighted by Crippen LogP contribution is -2.36. The average molecular weight is 221 g/mol. The maximum atomic E-state index is 12.1. The zero-order valence-electron chi connectivity index (χ0n) is 9.27. The van der Waals surface area contributed by atoms with E-state index >= 15 is 0 Å². The summed E-state index contributed by atoms with van der Waals surface area (Å²) in [6.07, 6.45) is 3.65. The summed E-state index contributed by atoms with van der Waals surface area (Å²) in [5.74, 6) is 0.457. The standard InChI is InChI=1S/C11H15N3O2/c1-12-10-9(5-4-6-13-10)11(15)14-7-2-3-8-16-14/h4-6H,2-3,7-8H2,1H3,(H,12,13). The minimum absolute atomic E-state index is 0.128. The lowest BCUT2D eigenvalue weighted by atomic mass is 10.2. The molecule has 0 saturated carbocycles. The number of amides is 1. The Labute approximate surface area is 94.4 Å². The van der Waals surface area contributed by atoms with Crippen molar-refractivity contribution in [2.75, 3.05) is 25.5 Å². The fraction of sp³-hybridized carbons (Fsp3) is 0.455. The topological polar surface area (TPSA) is 54.5 Å². The molecule has 1 saturated heterocycles. The number of carbonyl (C=O) groups excluding carboxylic acids is 1. The number of rotatable bonds is 2. The van der Waals surface area contributed by atoms with E-state index in [0.29, 0.717) is 24.5 Å². The van der Waals surface area contributed by atoms with Gasteiger partial charge in [-0.1, -0.05) is 0 Å². The van der Waals surface area contributed by atoms with Crippen molar-refractivity contribution in [3.8, 4) is 0 Å². The van der Waals surface area contributed by atoms with Gasteiger partial charge < -0.3 is 5.32 Å². The number of carbonyl (C=O) groups is 1. The molecule has 0 unspecified atom stereocenters. The first-order valence-corrected chi connectivity index (χ1v) is 5.40. The van der Waals surface area contributed by atoms with Gasteiger partial charge in [0, 0.05) is 19.8 Å². The van der Waals surface area contributed by atoms with Crippen molar-refractivity contribution in [3.05, 3.63) is 23.9 Å². The van der Waals surface area contributed by atoms with Gasteiger partial charge in [-0.25, -0.2) is 10.0 Å². The second-order valence-corrected chi connectivity index (χ2v) is 3.60. The Morgan fingerprint density at radius 3 is 3.12 bits per heavy atom. The molecule has 1 aromatic rings. The fourth-order valence-corrected chi connectivity index (χ4v) is 1.67. The van der Waals surface area contributed by atoms with Gasteiger partial charge in [0.1, 0.15) is 5.82 Å². The third-order valence-corrected chi connectivity index (χ3v) is 2.50. The summed E-state index contributed by atoms with van der Waals surface area (Å²) in [4.78, 5) is 21.5. The summed E-state index contributed by atoms with van der Waals surface area (Å²) >= 11 is 0. The van der Waals surface area contributed by atoms with Crippen LogP contribution in [0.25, 0.3) is 0 Å². The molecule has 0 aromatic carbocycles. The normalized spacial score (nSPS) is 15.9. The van der Waals surface area contributed by atoms with Gasteiger partial charge in [0.05, 0.1) is 12.2 Å². The Morgan fingerprint density at radius 1 is 1.56 bits per heavy atom. The van der Waals surface area contributed by atoms with Gasteiger partial charge >= 0.3 is 0 Å². The molecule has 2 rings (SSSR count). The molecule has 0 atom stereocenters. The van der Waals surface area contributed by atoms with Crippen LogP contribution in [-0.4, -0.2) is 36.2 Å². The molecule has 1 N–H and O–H groups in total. The summed E-state index contributed by atoms with van der Waals surface area (Å²) < 4.78 is 0. The molecule has 0 radical (unpaired) electrons. The molecule has 86 valence electrons. The monoisotopic (exact) mass is 221 g/mol. The van der Waals surface area contributed by atoms with Crippen LogP contribution in [0.5, 0.6) is 0 Å². The van der Waals surface area contributed by atoms with Crippen LogP contribution in [0.1, 0.15) is 23.2 Å². The number of aromatic nitrogens is 1. The van der Waals surface area contributed by atoms with E-state index < -0.39 is 0 Å². The molecule has 5 heteroatoms. The summed E-state index contributed by atoms with van der Waals surface area (Å²) in [6, 6.07) is 3.50. The maximum absolute atomic E-state index is 12.1. The minimum Gasteiger partial charge on any atom is -0.372 e. The first-order valence-electron chi connectivity index (χ1n) is 5.40. The molecule has 5 nitrogen and oxygen atoms in total. The molecule has 0 spiro atoms. The van der Waals surface area contributed by atoms with E-state index in [1.807, 2.05) is 0 Å². The molecular weight excluding hydrogens is 206 g/mol. The second kappa shape index (κ2) is 4.94. The van der Waals surface area contributed by atoms with Crippen LogP contribution >= 0.6 is 0 Å². The van der Waals surface area contributed by atoms with Crippen molar-refractivity contribution in [1.29, 1.82) is 0 Å². The number of nitrogens with zero attached hydrogens (tertiary/aromatic N) is 2. The van der Waals surface area contributed by atoms with Crippen molar-refractivity contribution in [1.82, 2.24) is 10.0 Å². The smallest absolute Gasteiger partial charge is 0.281 e. The Hall–Kier alpha value is -1.62. The van der Waals surface area contributed by atoms with E-state index in [0.717, 1.165) is 12.8 Å². The van der Waals surface area contributed by atoms with E-state index in [1.54, 1.807) is 25.4 Å². The second-order valence-electron chi connectivity index (χ2n) is 3.60. The molecule has 1 aromatic heterocycles. The van der Waals surface area contributed by atoms with Crippen LogP contribution in [0.4, 0.5) is 5.82 Å². The lowest BCUT2D eigenvalue weighted by molar-refractivity contribution is -0.144. The van der Waals surface area contributed by atoms with Gasteiger partial charge in [-0.05, 0) is 25.0 Å². The van der Waals surface area contributed by atoms with Crippen molar-refractivity contribution >= 4 is 11.7 Å². The van der Waals surface area contributed by atoms with Gasteiger partial charge in [0.15, 0.2) is 0 Å². The molecule has 16 heavy (non-hydrogen) atoms. The number of pyridine rings is 1. The van der Waals surface area contributed by atoms with E-state index in [-0.39, 0.29) is 5.91 Å². The number of anilines is 1. The van der Waals surface area contributed by atoms with E-state index in [9.17, 15) is 4.79 Å². The Balaban J connectivity index is 2.19. The van der Waals surface area contributed by atoms with Crippen LogP contribution in [0, 0.1) is 0 Å². The Morgan fingerprint density at radius 2 is 2.44 bits per heavy atom. The number of nitrogens with one attached hydrogen (secondary N) is 1. The Kier molecular flexibility index (Phi) is 3.36. The fourth-order valence-electron chi connectivity index (χ4n) is 1.67. The maximum Gasteiger partial charge on any atom is 0.281 e. The molecule has 1 fully saturated rings. The summed E-state index contributed by atoms with van der Waals surface area (Å²) in [7, 11) is 1.75. The molecule has 0 bridgehead atoms. The van der Waals surface area contributed by atoms with Gasteiger partial charge in [-0.3, -0.25) is 9.63 Å². The molecule has 2 heterocycles. The molecule has 1 aliphatic heterocycles. The van der Waals surface area contributed by atoms with Crippen LogP contribution in [-0.2, 0) is 4.84 Å². The molecule has 1 aliphatic rings. The highest BCUT2D eigenvalue weighted by molar-refractivity contribution is 5.98. The zero-order chi connectivity index (χ0) is 11.4. The van der Waals surface area contributed by atoms with Crippen molar-refractivity contribution in [3.63, 3.8) is 0 Å². The predicted octanol–water partition coefficient (Wildman–Crippen LogP) is 1.29. The highest BCUT2D eigenvalue weighted by atomic mass is 16.7. The Bertz CT molecular complexity index is 375. The summed E-state index contributed by atoms with van der Waals surface area (Å²) in [5.41, 5.74) is 0.548. The zero-order valence-corrected chi connectivity index (χ0v) is 9.27. The van der Waals surface area contributed by atoms with Crippen LogP contribution in [0.2, 0.25) is 0 Å². The largest absolute Gasteiger partial charge is 0.372 e. The third kappa shape index (κ3) is 2.14. The van der Waals surface area contributed by atoms with Crippen molar-refractivity contribution in [2.45, 2.75) is 12.8 Å². The first kappa shape index (κ1) is 10.9. The average Bonchev–Trinajstić information content (AvgIpc) is 2.39. The minimum atomic E-state index is -0.128. The number of hydrogen-bond donors (Lipinski definition) is 1. The predicted molar refractivity (Wildman–Crippen MR) is 60.0 cm³/mol. The molecular formula is C11H15N3O2.